The van der Waals surface area contributed by atoms with Crippen LogP contribution in [0.3, 0.4) is 0 Å². The van der Waals surface area contributed by atoms with E-state index in [2.05, 4.69) is 15.9 Å². The first kappa shape index (κ1) is 20.3. The smallest absolute Gasteiger partial charge is 0.293 e. The lowest BCUT2D eigenvalue weighted by Gasteiger charge is -2.13. The van der Waals surface area contributed by atoms with Crippen LogP contribution in [-0.2, 0) is 11.3 Å². The maximum atomic E-state index is 12.7. The molecule has 1 heterocycles. The van der Waals surface area contributed by atoms with E-state index >= 15 is 0 Å². The number of benzene rings is 2. The summed E-state index contributed by atoms with van der Waals surface area (Å²) in [7, 11) is 0. The Hall–Kier alpha value is -1.47. The highest BCUT2D eigenvalue weighted by atomic mass is 79.9. The summed E-state index contributed by atoms with van der Waals surface area (Å²) in [4.78, 5) is 26.5. The quantitative estimate of drug-likeness (QED) is 0.459. The van der Waals surface area contributed by atoms with Crippen molar-refractivity contribution < 1.29 is 14.3 Å². The molecule has 8 heteroatoms. The summed E-state index contributed by atoms with van der Waals surface area (Å²) in [6.07, 6.45) is 1.69. The van der Waals surface area contributed by atoms with E-state index in [4.69, 9.17) is 27.9 Å². The van der Waals surface area contributed by atoms with Crippen molar-refractivity contribution in [2.75, 3.05) is 6.61 Å². The van der Waals surface area contributed by atoms with Crippen molar-refractivity contribution in [1.82, 2.24) is 4.90 Å². The molecular formula is C19H14BrCl2NO3S. The molecule has 0 unspecified atom stereocenters. The Bertz CT molecular complexity index is 949. The van der Waals surface area contributed by atoms with E-state index in [-0.39, 0.29) is 17.7 Å². The van der Waals surface area contributed by atoms with Crippen molar-refractivity contribution >= 4 is 68.1 Å². The summed E-state index contributed by atoms with van der Waals surface area (Å²) in [5, 5.41) is 0.494. The highest BCUT2D eigenvalue weighted by molar-refractivity contribution is 9.10. The maximum absolute atomic E-state index is 12.7. The van der Waals surface area contributed by atoms with Gasteiger partial charge in [-0.05, 0) is 76.1 Å². The first-order valence-electron chi connectivity index (χ1n) is 8.00. The number of hydrogen-bond donors (Lipinski definition) is 0. The minimum absolute atomic E-state index is 0.145. The second-order valence-electron chi connectivity index (χ2n) is 5.64. The number of carbonyl (C=O) groups is 2. The first-order chi connectivity index (χ1) is 12.9. The highest BCUT2D eigenvalue weighted by Crippen LogP contribution is 2.35. The van der Waals surface area contributed by atoms with E-state index < -0.39 is 0 Å². The lowest BCUT2D eigenvalue weighted by Crippen LogP contribution is -2.27. The minimum Gasteiger partial charge on any atom is -0.493 e. The summed E-state index contributed by atoms with van der Waals surface area (Å²) in [6.45, 7) is 2.61. The van der Waals surface area contributed by atoms with Gasteiger partial charge in [0, 0.05) is 0 Å². The number of hydrogen-bond acceptors (Lipinski definition) is 4. The van der Waals surface area contributed by atoms with E-state index in [1.807, 2.05) is 25.1 Å². The van der Waals surface area contributed by atoms with Crippen molar-refractivity contribution in [3.05, 3.63) is 66.9 Å². The summed E-state index contributed by atoms with van der Waals surface area (Å²) in [6, 6.07) is 10.5. The highest BCUT2D eigenvalue weighted by Gasteiger charge is 2.35. The SMILES string of the molecule is CCOc1ccc(/C=C2\SC(=O)N(Cc3ccc(Cl)c(Cl)c3)C2=O)cc1Br. The zero-order valence-corrected chi connectivity index (χ0v) is 18.1. The standard InChI is InChI=1S/C19H14BrCl2NO3S/c1-2-26-16-6-4-11(7-13(16)20)9-17-18(24)23(19(25)27-17)10-12-3-5-14(21)15(22)8-12/h3-9H,2,10H2,1H3/b17-9-. The van der Waals surface area contributed by atoms with E-state index in [0.717, 1.165) is 33.1 Å². The van der Waals surface area contributed by atoms with Crippen LogP contribution in [-0.4, -0.2) is 22.7 Å². The molecule has 1 aliphatic rings. The van der Waals surface area contributed by atoms with Crippen molar-refractivity contribution in [3.63, 3.8) is 0 Å². The Labute approximate surface area is 179 Å². The lowest BCUT2D eigenvalue weighted by molar-refractivity contribution is -0.123. The molecule has 4 nitrogen and oxygen atoms in total. The van der Waals surface area contributed by atoms with Crippen molar-refractivity contribution in [2.45, 2.75) is 13.5 Å². The van der Waals surface area contributed by atoms with Gasteiger partial charge in [-0.15, -0.1) is 0 Å². The second kappa shape index (κ2) is 8.69. The molecule has 0 bridgehead atoms. The topological polar surface area (TPSA) is 46.6 Å². The minimum atomic E-state index is -0.332. The summed E-state index contributed by atoms with van der Waals surface area (Å²) in [5.74, 6) is 0.392. The van der Waals surface area contributed by atoms with Gasteiger partial charge in [0.15, 0.2) is 0 Å². The van der Waals surface area contributed by atoms with E-state index in [9.17, 15) is 9.59 Å². The Morgan fingerprint density at radius 3 is 2.59 bits per heavy atom. The maximum Gasteiger partial charge on any atom is 0.293 e. The van der Waals surface area contributed by atoms with Crippen LogP contribution in [0.25, 0.3) is 6.08 Å². The van der Waals surface area contributed by atoms with Gasteiger partial charge >= 0.3 is 0 Å². The fourth-order valence-electron chi connectivity index (χ4n) is 2.49. The fourth-order valence-corrected chi connectivity index (χ4v) is 4.16. The predicted octanol–water partition coefficient (Wildman–Crippen LogP) is 6.39. The Kier molecular flexibility index (Phi) is 6.52. The van der Waals surface area contributed by atoms with Crippen LogP contribution in [0.2, 0.25) is 10.0 Å². The summed E-state index contributed by atoms with van der Waals surface area (Å²) in [5.41, 5.74) is 1.53. The van der Waals surface area contributed by atoms with Gasteiger partial charge in [-0.25, -0.2) is 0 Å². The monoisotopic (exact) mass is 485 g/mol. The van der Waals surface area contributed by atoms with Gasteiger partial charge in [0.05, 0.1) is 32.6 Å². The third kappa shape index (κ3) is 4.69. The van der Waals surface area contributed by atoms with E-state index in [0.29, 0.717) is 21.6 Å². The van der Waals surface area contributed by atoms with Gasteiger partial charge in [-0.2, -0.15) is 0 Å². The van der Waals surface area contributed by atoms with Crippen LogP contribution < -0.4 is 4.74 Å². The van der Waals surface area contributed by atoms with Crippen LogP contribution in [0.4, 0.5) is 4.79 Å². The molecule has 0 saturated carbocycles. The summed E-state index contributed by atoms with van der Waals surface area (Å²) >= 11 is 16.3. The van der Waals surface area contributed by atoms with E-state index in [1.165, 1.54) is 4.90 Å². The molecule has 1 fully saturated rings. The van der Waals surface area contributed by atoms with E-state index in [1.54, 1.807) is 24.3 Å². The van der Waals surface area contributed by atoms with Gasteiger partial charge in [0.1, 0.15) is 5.75 Å². The Morgan fingerprint density at radius 2 is 1.93 bits per heavy atom. The lowest BCUT2D eigenvalue weighted by atomic mass is 10.2. The Morgan fingerprint density at radius 1 is 1.15 bits per heavy atom. The molecule has 0 N–H and O–H groups in total. The number of halogens is 3. The van der Waals surface area contributed by atoms with Gasteiger partial charge in [0.25, 0.3) is 11.1 Å². The Balaban J connectivity index is 1.79. The van der Waals surface area contributed by atoms with Crippen LogP contribution in [0.5, 0.6) is 5.75 Å². The molecule has 3 rings (SSSR count). The second-order valence-corrected chi connectivity index (χ2v) is 8.30. The van der Waals surface area contributed by atoms with Crippen molar-refractivity contribution in [2.24, 2.45) is 0 Å². The fraction of sp³-hybridized carbons (Fsp3) is 0.158. The van der Waals surface area contributed by atoms with Gasteiger partial charge in [-0.1, -0.05) is 35.3 Å². The molecule has 1 saturated heterocycles. The molecule has 1 aliphatic heterocycles. The summed E-state index contributed by atoms with van der Waals surface area (Å²) < 4.78 is 6.26. The zero-order valence-electron chi connectivity index (χ0n) is 14.2. The van der Waals surface area contributed by atoms with Crippen molar-refractivity contribution in [1.29, 1.82) is 0 Å². The third-order valence-electron chi connectivity index (χ3n) is 3.75. The van der Waals surface area contributed by atoms with Crippen molar-refractivity contribution in [3.8, 4) is 5.75 Å². The molecular weight excluding hydrogens is 473 g/mol. The van der Waals surface area contributed by atoms with Crippen LogP contribution in [0, 0.1) is 0 Å². The van der Waals surface area contributed by atoms with Gasteiger partial charge < -0.3 is 4.74 Å². The largest absolute Gasteiger partial charge is 0.493 e. The molecule has 2 aromatic carbocycles. The number of rotatable bonds is 5. The normalized spacial score (nSPS) is 15.7. The molecule has 0 aliphatic carbocycles. The third-order valence-corrected chi connectivity index (χ3v) is 6.02. The van der Waals surface area contributed by atoms with Gasteiger partial charge in [0.2, 0.25) is 0 Å². The number of ether oxygens (including phenoxy) is 1. The molecule has 0 atom stereocenters. The van der Waals surface area contributed by atoms with Crippen LogP contribution in [0.1, 0.15) is 18.1 Å². The average molecular weight is 487 g/mol. The molecule has 0 aromatic heterocycles. The predicted molar refractivity (Wildman–Crippen MR) is 113 cm³/mol. The first-order valence-corrected chi connectivity index (χ1v) is 10.4. The molecule has 0 radical (unpaired) electrons. The number of nitrogens with zero attached hydrogens (tertiary/aromatic N) is 1. The van der Waals surface area contributed by atoms with Crippen LogP contribution in [0.15, 0.2) is 45.8 Å². The average Bonchev–Trinajstić information content (AvgIpc) is 2.88. The molecule has 27 heavy (non-hydrogen) atoms. The number of amides is 2. The van der Waals surface area contributed by atoms with Crippen LogP contribution >= 0.6 is 50.9 Å². The molecule has 2 amide bonds. The zero-order chi connectivity index (χ0) is 19.6. The number of carbonyl (C=O) groups excluding carboxylic acids is 2. The molecule has 2 aromatic rings. The number of imide groups is 1. The molecule has 0 spiro atoms. The number of thioether (sulfide) groups is 1. The van der Waals surface area contributed by atoms with Gasteiger partial charge in [-0.3, -0.25) is 14.5 Å². The molecule has 140 valence electrons.